The molecule has 1 unspecified atom stereocenters. The minimum absolute atomic E-state index is 0.139. The number of rotatable bonds is 6. The molecule has 1 fully saturated rings. The van der Waals surface area contributed by atoms with Gasteiger partial charge in [-0.25, -0.2) is 0 Å². The second-order valence-electron chi connectivity index (χ2n) is 4.74. The summed E-state index contributed by atoms with van der Waals surface area (Å²) >= 11 is 0. The maximum atomic E-state index is 12.3. The summed E-state index contributed by atoms with van der Waals surface area (Å²) in [6, 6.07) is 0.139. The lowest BCUT2D eigenvalue weighted by Gasteiger charge is -2.35. The maximum absolute atomic E-state index is 12.3. The number of piperidine rings is 1. The van der Waals surface area contributed by atoms with Crippen molar-refractivity contribution in [3.8, 4) is 0 Å². The molecule has 0 saturated carbocycles. The summed E-state index contributed by atoms with van der Waals surface area (Å²) in [5.74, 6) is 0. The second-order valence-corrected chi connectivity index (χ2v) is 6.73. The lowest BCUT2D eigenvalue weighted by Crippen LogP contribution is -2.48. The Kier molecular flexibility index (Phi) is 5.85. The first-order valence-corrected chi connectivity index (χ1v) is 7.77. The molecule has 1 rings (SSSR count). The van der Waals surface area contributed by atoms with E-state index >= 15 is 0 Å². The minimum atomic E-state index is -3.25. The molecule has 0 aromatic carbocycles. The monoisotopic (exact) mass is 263 g/mol. The lowest BCUT2D eigenvalue weighted by molar-refractivity contribution is 0.250. The molecule has 0 aliphatic carbocycles. The Bertz CT molecular complexity index is 319. The normalized spacial score (nSPS) is 23.2. The summed E-state index contributed by atoms with van der Waals surface area (Å²) in [6.07, 6.45) is 3.93. The maximum Gasteiger partial charge on any atom is 0.281 e. The van der Waals surface area contributed by atoms with Crippen LogP contribution in [0.15, 0.2) is 0 Å². The van der Waals surface area contributed by atoms with Gasteiger partial charge in [0.25, 0.3) is 10.2 Å². The highest BCUT2D eigenvalue weighted by Crippen LogP contribution is 2.21. The molecule has 0 aromatic heterocycles. The Morgan fingerprint density at radius 3 is 2.71 bits per heavy atom. The molecular formula is C11H25N3O2S. The van der Waals surface area contributed by atoms with E-state index in [9.17, 15) is 8.42 Å². The third kappa shape index (κ3) is 3.91. The van der Waals surface area contributed by atoms with Crippen molar-refractivity contribution < 1.29 is 8.42 Å². The zero-order valence-corrected chi connectivity index (χ0v) is 12.0. The average molecular weight is 263 g/mol. The van der Waals surface area contributed by atoms with Gasteiger partial charge in [0.05, 0.1) is 0 Å². The van der Waals surface area contributed by atoms with E-state index in [2.05, 4.69) is 5.32 Å². The molecule has 1 aliphatic rings. The predicted octanol–water partition coefficient (Wildman–Crippen LogP) is 0.647. The minimum Gasteiger partial charge on any atom is -0.320 e. The van der Waals surface area contributed by atoms with Crippen LogP contribution in [0.25, 0.3) is 0 Å². The Labute approximate surface area is 105 Å². The molecule has 0 amide bonds. The van der Waals surface area contributed by atoms with Gasteiger partial charge in [-0.15, -0.1) is 0 Å². The standard InChI is InChI=1S/C11H25N3O2S/c1-11-7-4-5-10-14(11)17(15,16)13(3)9-6-8-12-2/h11-12H,4-10H2,1-3H3. The Morgan fingerprint density at radius 1 is 1.41 bits per heavy atom. The molecule has 6 heteroatoms. The van der Waals surface area contributed by atoms with Gasteiger partial charge in [0, 0.05) is 26.2 Å². The molecule has 102 valence electrons. The van der Waals surface area contributed by atoms with E-state index in [0.29, 0.717) is 13.1 Å². The fourth-order valence-corrected chi connectivity index (χ4v) is 3.83. The highest BCUT2D eigenvalue weighted by atomic mass is 32.2. The van der Waals surface area contributed by atoms with Crippen LogP contribution < -0.4 is 5.32 Å². The van der Waals surface area contributed by atoms with Crippen molar-refractivity contribution in [1.29, 1.82) is 0 Å². The van der Waals surface area contributed by atoms with Crippen molar-refractivity contribution in [1.82, 2.24) is 13.9 Å². The number of hydrogen-bond acceptors (Lipinski definition) is 3. The highest BCUT2D eigenvalue weighted by molar-refractivity contribution is 7.86. The Hall–Kier alpha value is -0.170. The lowest BCUT2D eigenvalue weighted by atomic mass is 10.1. The van der Waals surface area contributed by atoms with Crippen molar-refractivity contribution in [2.45, 2.75) is 38.6 Å². The molecular weight excluding hydrogens is 238 g/mol. The van der Waals surface area contributed by atoms with Crippen LogP contribution in [0, 0.1) is 0 Å². The van der Waals surface area contributed by atoms with Gasteiger partial charge in [-0.05, 0) is 39.8 Å². The van der Waals surface area contributed by atoms with Crippen molar-refractivity contribution in [3.63, 3.8) is 0 Å². The number of nitrogens with zero attached hydrogens (tertiary/aromatic N) is 2. The first-order valence-electron chi connectivity index (χ1n) is 6.38. The van der Waals surface area contributed by atoms with E-state index in [1.54, 1.807) is 11.4 Å². The van der Waals surface area contributed by atoms with E-state index in [1.807, 2.05) is 14.0 Å². The van der Waals surface area contributed by atoms with Crippen LogP contribution in [-0.2, 0) is 10.2 Å². The zero-order chi connectivity index (χ0) is 12.9. The van der Waals surface area contributed by atoms with Gasteiger partial charge in [0.2, 0.25) is 0 Å². The summed E-state index contributed by atoms with van der Waals surface area (Å²) in [4.78, 5) is 0. The molecule has 1 saturated heterocycles. The summed E-state index contributed by atoms with van der Waals surface area (Å²) in [5, 5.41) is 3.03. The third-order valence-electron chi connectivity index (χ3n) is 3.33. The summed E-state index contributed by atoms with van der Waals surface area (Å²) in [6.45, 7) is 4.08. The molecule has 1 atom stereocenters. The zero-order valence-electron chi connectivity index (χ0n) is 11.1. The van der Waals surface area contributed by atoms with Gasteiger partial charge in [0.1, 0.15) is 0 Å². The smallest absolute Gasteiger partial charge is 0.281 e. The fourth-order valence-electron chi connectivity index (χ4n) is 2.19. The predicted molar refractivity (Wildman–Crippen MR) is 70.1 cm³/mol. The van der Waals surface area contributed by atoms with Gasteiger partial charge < -0.3 is 5.32 Å². The topological polar surface area (TPSA) is 52.7 Å². The summed E-state index contributed by atoms with van der Waals surface area (Å²) < 4.78 is 27.8. The molecule has 1 heterocycles. The van der Waals surface area contributed by atoms with Crippen LogP contribution in [0.3, 0.4) is 0 Å². The summed E-state index contributed by atoms with van der Waals surface area (Å²) in [5.41, 5.74) is 0. The molecule has 0 radical (unpaired) electrons. The molecule has 0 aromatic rings. The van der Waals surface area contributed by atoms with Gasteiger partial charge in [-0.1, -0.05) is 6.42 Å². The SMILES string of the molecule is CNCCCN(C)S(=O)(=O)N1CCCCC1C. The third-order valence-corrected chi connectivity index (χ3v) is 5.44. The van der Waals surface area contributed by atoms with E-state index in [4.69, 9.17) is 0 Å². The highest BCUT2D eigenvalue weighted by Gasteiger charge is 2.32. The molecule has 5 nitrogen and oxygen atoms in total. The van der Waals surface area contributed by atoms with E-state index in [0.717, 1.165) is 32.2 Å². The van der Waals surface area contributed by atoms with Gasteiger partial charge in [0.15, 0.2) is 0 Å². The van der Waals surface area contributed by atoms with Gasteiger partial charge >= 0.3 is 0 Å². The summed E-state index contributed by atoms with van der Waals surface area (Å²) in [7, 11) is 0.296. The first kappa shape index (κ1) is 14.9. The van der Waals surface area contributed by atoms with E-state index in [-0.39, 0.29) is 6.04 Å². The van der Waals surface area contributed by atoms with Crippen molar-refractivity contribution in [3.05, 3.63) is 0 Å². The van der Waals surface area contributed by atoms with Crippen molar-refractivity contribution >= 4 is 10.2 Å². The fraction of sp³-hybridized carbons (Fsp3) is 1.00. The first-order chi connectivity index (χ1) is 8.00. The van der Waals surface area contributed by atoms with E-state index < -0.39 is 10.2 Å². The van der Waals surface area contributed by atoms with Crippen LogP contribution >= 0.6 is 0 Å². The van der Waals surface area contributed by atoms with Crippen LogP contribution in [0.4, 0.5) is 0 Å². The van der Waals surface area contributed by atoms with Crippen molar-refractivity contribution in [2.24, 2.45) is 0 Å². The van der Waals surface area contributed by atoms with Crippen LogP contribution in [-0.4, -0.2) is 56.8 Å². The van der Waals surface area contributed by atoms with Crippen LogP contribution in [0.5, 0.6) is 0 Å². The van der Waals surface area contributed by atoms with E-state index in [1.165, 1.54) is 4.31 Å². The molecule has 1 aliphatic heterocycles. The molecule has 17 heavy (non-hydrogen) atoms. The number of hydrogen-bond donors (Lipinski definition) is 1. The molecule has 0 bridgehead atoms. The Morgan fingerprint density at radius 2 is 2.12 bits per heavy atom. The van der Waals surface area contributed by atoms with Crippen molar-refractivity contribution in [2.75, 3.05) is 33.7 Å². The van der Waals surface area contributed by atoms with Gasteiger partial charge in [-0.2, -0.15) is 17.0 Å². The van der Waals surface area contributed by atoms with Crippen LogP contribution in [0.1, 0.15) is 32.6 Å². The van der Waals surface area contributed by atoms with Crippen LogP contribution in [0.2, 0.25) is 0 Å². The second kappa shape index (κ2) is 6.68. The largest absolute Gasteiger partial charge is 0.320 e. The molecule has 1 N–H and O–H groups in total. The molecule has 0 spiro atoms. The quantitative estimate of drug-likeness (QED) is 0.716. The van der Waals surface area contributed by atoms with Gasteiger partial charge in [-0.3, -0.25) is 0 Å². The average Bonchev–Trinajstić information content (AvgIpc) is 2.29. The Balaban J connectivity index is 2.59. The number of nitrogens with one attached hydrogen (secondary N) is 1.